The van der Waals surface area contributed by atoms with E-state index in [9.17, 15) is 9.18 Å². The van der Waals surface area contributed by atoms with Crippen LogP contribution in [0.25, 0.3) is 0 Å². The second-order valence-corrected chi connectivity index (χ2v) is 5.03. The first-order chi connectivity index (χ1) is 9.08. The van der Waals surface area contributed by atoms with Crippen molar-refractivity contribution >= 4 is 5.91 Å². The molecule has 1 amide bonds. The molecule has 0 fully saturated rings. The number of amides is 1. The Morgan fingerprint density at radius 1 is 1.26 bits per heavy atom. The molecule has 3 heteroatoms. The van der Waals surface area contributed by atoms with Crippen LogP contribution < -0.4 is 0 Å². The topological polar surface area (TPSA) is 20.3 Å². The highest BCUT2D eigenvalue weighted by molar-refractivity contribution is 5.76. The van der Waals surface area contributed by atoms with Gasteiger partial charge in [-0.25, -0.2) is 4.39 Å². The number of hydrogen-bond donors (Lipinski definition) is 0. The zero-order valence-electron chi connectivity index (χ0n) is 12.2. The van der Waals surface area contributed by atoms with Gasteiger partial charge in [0.05, 0.1) is 0 Å². The minimum absolute atomic E-state index is 0.171. The number of carbonyl (C=O) groups is 1. The molecule has 1 unspecified atom stereocenters. The van der Waals surface area contributed by atoms with Gasteiger partial charge in [0.2, 0.25) is 5.91 Å². The Morgan fingerprint density at radius 2 is 1.89 bits per heavy atom. The van der Waals surface area contributed by atoms with Gasteiger partial charge in [-0.3, -0.25) is 4.79 Å². The molecular weight excluding hydrogens is 241 g/mol. The third kappa shape index (κ3) is 5.01. The van der Waals surface area contributed by atoms with Crippen LogP contribution in [0.15, 0.2) is 24.3 Å². The standard InChI is InChI=1S/C16H24FNO/c1-4-6-11-18(3)16(19)12-13(5-2)14-7-9-15(17)10-8-14/h7-10,13H,4-6,11-12H2,1-3H3. The summed E-state index contributed by atoms with van der Waals surface area (Å²) in [6.07, 6.45) is 3.52. The molecule has 0 heterocycles. The number of unbranched alkanes of at least 4 members (excludes halogenated alkanes) is 1. The Bertz CT molecular complexity index is 388. The third-order valence-electron chi connectivity index (χ3n) is 3.53. The molecule has 106 valence electrons. The summed E-state index contributed by atoms with van der Waals surface area (Å²) in [4.78, 5) is 13.9. The summed E-state index contributed by atoms with van der Waals surface area (Å²) in [5, 5.41) is 0. The summed E-state index contributed by atoms with van der Waals surface area (Å²) in [6.45, 7) is 4.99. The highest BCUT2D eigenvalue weighted by Gasteiger charge is 2.17. The van der Waals surface area contributed by atoms with E-state index in [0.29, 0.717) is 6.42 Å². The minimum atomic E-state index is -0.231. The summed E-state index contributed by atoms with van der Waals surface area (Å²) < 4.78 is 12.9. The minimum Gasteiger partial charge on any atom is -0.346 e. The first-order valence-corrected chi connectivity index (χ1v) is 7.07. The molecule has 0 aliphatic rings. The molecular formula is C16H24FNO. The quantitative estimate of drug-likeness (QED) is 0.730. The van der Waals surface area contributed by atoms with Crippen LogP contribution in [0.5, 0.6) is 0 Å². The summed E-state index contributed by atoms with van der Waals surface area (Å²) in [5.41, 5.74) is 1.04. The van der Waals surface area contributed by atoms with E-state index in [0.717, 1.165) is 31.4 Å². The average molecular weight is 265 g/mol. The molecule has 0 bridgehead atoms. The largest absolute Gasteiger partial charge is 0.346 e. The fourth-order valence-corrected chi connectivity index (χ4v) is 2.12. The highest BCUT2D eigenvalue weighted by atomic mass is 19.1. The van der Waals surface area contributed by atoms with Gasteiger partial charge in [-0.15, -0.1) is 0 Å². The van der Waals surface area contributed by atoms with Crippen molar-refractivity contribution < 1.29 is 9.18 Å². The molecule has 0 aliphatic heterocycles. The molecule has 0 saturated heterocycles. The molecule has 1 aromatic rings. The molecule has 0 radical (unpaired) electrons. The maximum atomic E-state index is 12.9. The van der Waals surface area contributed by atoms with Crippen LogP contribution in [0.2, 0.25) is 0 Å². The maximum absolute atomic E-state index is 12.9. The van der Waals surface area contributed by atoms with Gasteiger partial charge in [0, 0.05) is 20.0 Å². The number of halogens is 1. The molecule has 0 spiro atoms. The van der Waals surface area contributed by atoms with Gasteiger partial charge >= 0.3 is 0 Å². The fraction of sp³-hybridized carbons (Fsp3) is 0.562. The molecule has 1 atom stereocenters. The predicted octanol–water partition coefficient (Wildman–Crippen LogP) is 3.97. The van der Waals surface area contributed by atoms with Crippen molar-refractivity contribution in [3.8, 4) is 0 Å². The van der Waals surface area contributed by atoms with Gasteiger partial charge in [0.15, 0.2) is 0 Å². The first-order valence-electron chi connectivity index (χ1n) is 7.07. The zero-order valence-corrected chi connectivity index (χ0v) is 12.2. The van der Waals surface area contributed by atoms with Crippen molar-refractivity contribution in [2.75, 3.05) is 13.6 Å². The van der Waals surface area contributed by atoms with Gasteiger partial charge in [-0.2, -0.15) is 0 Å². The van der Waals surface area contributed by atoms with E-state index >= 15 is 0 Å². The number of nitrogens with zero attached hydrogens (tertiary/aromatic N) is 1. The fourth-order valence-electron chi connectivity index (χ4n) is 2.12. The van der Waals surface area contributed by atoms with Crippen molar-refractivity contribution in [3.63, 3.8) is 0 Å². The van der Waals surface area contributed by atoms with Crippen LogP contribution in [-0.2, 0) is 4.79 Å². The van der Waals surface area contributed by atoms with E-state index in [1.807, 2.05) is 7.05 Å². The number of carbonyl (C=O) groups excluding carboxylic acids is 1. The Balaban J connectivity index is 2.61. The van der Waals surface area contributed by atoms with Crippen LogP contribution in [0, 0.1) is 5.82 Å². The van der Waals surface area contributed by atoms with Crippen molar-refractivity contribution in [2.45, 2.75) is 45.4 Å². The predicted molar refractivity (Wildman–Crippen MR) is 76.6 cm³/mol. The van der Waals surface area contributed by atoms with Crippen molar-refractivity contribution in [1.82, 2.24) is 4.90 Å². The van der Waals surface area contributed by atoms with Gasteiger partial charge in [-0.05, 0) is 36.5 Å². The van der Waals surface area contributed by atoms with E-state index < -0.39 is 0 Å². The van der Waals surface area contributed by atoms with E-state index in [1.54, 1.807) is 17.0 Å². The van der Waals surface area contributed by atoms with Crippen LogP contribution in [0.3, 0.4) is 0 Å². The number of hydrogen-bond acceptors (Lipinski definition) is 1. The maximum Gasteiger partial charge on any atom is 0.222 e. The van der Waals surface area contributed by atoms with Gasteiger partial charge in [0.1, 0.15) is 5.82 Å². The summed E-state index contributed by atoms with van der Waals surface area (Å²) in [7, 11) is 1.86. The summed E-state index contributed by atoms with van der Waals surface area (Å²) in [6, 6.07) is 6.48. The van der Waals surface area contributed by atoms with Crippen LogP contribution >= 0.6 is 0 Å². The van der Waals surface area contributed by atoms with E-state index in [4.69, 9.17) is 0 Å². The van der Waals surface area contributed by atoms with E-state index in [1.165, 1.54) is 12.1 Å². The molecule has 0 N–H and O–H groups in total. The molecule has 1 aromatic carbocycles. The molecule has 0 saturated carbocycles. The second kappa shape index (κ2) is 7.93. The molecule has 1 rings (SSSR count). The monoisotopic (exact) mass is 265 g/mol. The summed E-state index contributed by atoms with van der Waals surface area (Å²) >= 11 is 0. The lowest BCUT2D eigenvalue weighted by Crippen LogP contribution is -2.28. The van der Waals surface area contributed by atoms with Crippen LogP contribution in [0.4, 0.5) is 4.39 Å². The zero-order chi connectivity index (χ0) is 14.3. The molecule has 0 aliphatic carbocycles. The second-order valence-electron chi connectivity index (χ2n) is 5.03. The number of rotatable bonds is 7. The molecule has 2 nitrogen and oxygen atoms in total. The average Bonchev–Trinajstić information content (AvgIpc) is 2.42. The van der Waals surface area contributed by atoms with Crippen LogP contribution in [-0.4, -0.2) is 24.4 Å². The van der Waals surface area contributed by atoms with E-state index in [-0.39, 0.29) is 17.6 Å². The third-order valence-corrected chi connectivity index (χ3v) is 3.53. The molecule has 19 heavy (non-hydrogen) atoms. The first kappa shape index (κ1) is 15.7. The Morgan fingerprint density at radius 3 is 2.42 bits per heavy atom. The Hall–Kier alpha value is -1.38. The van der Waals surface area contributed by atoms with Crippen LogP contribution in [0.1, 0.15) is 51.0 Å². The summed E-state index contributed by atoms with van der Waals surface area (Å²) in [5.74, 6) is 0.117. The van der Waals surface area contributed by atoms with Crippen molar-refractivity contribution in [1.29, 1.82) is 0 Å². The van der Waals surface area contributed by atoms with Gasteiger partial charge in [0.25, 0.3) is 0 Å². The van der Waals surface area contributed by atoms with Gasteiger partial charge < -0.3 is 4.90 Å². The lowest BCUT2D eigenvalue weighted by molar-refractivity contribution is -0.130. The van der Waals surface area contributed by atoms with Crippen molar-refractivity contribution in [3.05, 3.63) is 35.6 Å². The van der Waals surface area contributed by atoms with E-state index in [2.05, 4.69) is 13.8 Å². The normalized spacial score (nSPS) is 12.2. The highest BCUT2D eigenvalue weighted by Crippen LogP contribution is 2.24. The molecule has 0 aromatic heterocycles. The lowest BCUT2D eigenvalue weighted by atomic mass is 9.92. The SMILES string of the molecule is CCCCN(C)C(=O)CC(CC)c1ccc(F)cc1. The smallest absolute Gasteiger partial charge is 0.222 e. The van der Waals surface area contributed by atoms with Crippen molar-refractivity contribution in [2.24, 2.45) is 0 Å². The lowest BCUT2D eigenvalue weighted by Gasteiger charge is -2.21. The Labute approximate surface area is 115 Å². The Kier molecular flexibility index (Phi) is 6.54. The van der Waals surface area contributed by atoms with Gasteiger partial charge in [-0.1, -0.05) is 32.4 Å². The number of benzene rings is 1.